The predicted octanol–water partition coefficient (Wildman–Crippen LogP) is 2.41. The molecule has 1 rings (SSSR count). The van der Waals surface area contributed by atoms with Crippen molar-refractivity contribution in [1.29, 1.82) is 0 Å². The molecule has 1 N–H and O–H groups in total. The van der Waals surface area contributed by atoms with Crippen LogP contribution in [0.15, 0.2) is 30.3 Å². The summed E-state index contributed by atoms with van der Waals surface area (Å²) in [7, 11) is 0. The number of rotatable bonds is 5. The average molecular weight is 206 g/mol. The summed E-state index contributed by atoms with van der Waals surface area (Å²) in [5, 5.41) is 8.58. The third-order valence-electron chi connectivity index (χ3n) is 2.11. The fourth-order valence-corrected chi connectivity index (χ4v) is 1.22. The molecule has 0 fully saturated rings. The quantitative estimate of drug-likeness (QED) is 0.801. The van der Waals surface area contributed by atoms with E-state index >= 15 is 0 Å². The van der Waals surface area contributed by atoms with E-state index < -0.39 is 0 Å². The van der Waals surface area contributed by atoms with Crippen molar-refractivity contribution in [2.45, 2.75) is 20.0 Å². The third kappa shape index (κ3) is 4.77. The Balaban J connectivity index is 2.46. The van der Waals surface area contributed by atoms with E-state index in [1.54, 1.807) is 0 Å². The third-order valence-corrected chi connectivity index (χ3v) is 2.11. The van der Waals surface area contributed by atoms with Gasteiger partial charge in [-0.2, -0.15) is 0 Å². The van der Waals surface area contributed by atoms with Crippen LogP contribution in [-0.2, 0) is 4.74 Å². The number of aryl methyl sites for hydroxylation is 1. The van der Waals surface area contributed by atoms with Gasteiger partial charge in [0.05, 0.1) is 19.3 Å². The number of aliphatic hydroxyl groups excluding tert-OH is 1. The Morgan fingerprint density at radius 2 is 2.00 bits per heavy atom. The highest BCUT2D eigenvalue weighted by Crippen LogP contribution is 2.06. The van der Waals surface area contributed by atoms with Gasteiger partial charge in [0.1, 0.15) is 0 Å². The average Bonchev–Trinajstić information content (AvgIpc) is 2.25. The molecule has 0 radical (unpaired) electrons. The van der Waals surface area contributed by atoms with Gasteiger partial charge in [0.2, 0.25) is 0 Å². The van der Waals surface area contributed by atoms with Crippen LogP contribution in [0.1, 0.15) is 18.1 Å². The van der Waals surface area contributed by atoms with Crippen molar-refractivity contribution >= 4 is 6.08 Å². The fourth-order valence-electron chi connectivity index (χ4n) is 1.22. The van der Waals surface area contributed by atoms with Crippen LogP contribution in [0.3, 0.4) is 0 Å². The molecule has 0 amide bonds. The summed E-state index contributed by atoms with van der Waals surface area (Å²) in [6.07, 6.45) is 4.06. The van der Waals surface area contributed by atoms with Crippen molar-refractivity contribution in [3.05, 3.63) is 41.5 Å². The molecule has 1 unspecified atom stereocenters. The van der Waals surface area contributed by atoms with Crippen LogP contribution in [0.2, 0.25) is 0 Å². The molecule has 0 aliphatic carbocycles. The van der Waals surface area contributed by atoms with Crippen molar-refractivity contribution < 1.29 is 9.84 Å². The molecule has 0 aliphatic rings. The van der Waals surface area contributed by atoms with E-state index in [0.29, 0.717) is 6.61 Å². The lowest BCUT2D eigenvalue weighted by Crippen LogP contribution is -2.08. The summed E-state index contributed by atoms with van der Waals surface area (Å²) >= 11 is 0. The minimum atomic E-state index is 0.0402. The Morgan fingerprint density at radius 3 is 2.60 bits per heavy atom. The maximum Gasteiger partial charge on any atom is 0.0732 e. The van der Waals surface area contributed by atoms with E-state index in [2.05, 4.69) is 31.2 Å². The van der Waals surface area contributed by atoms with Crippen LogP contribution < -0.4 is 0 Å². The molecule has 2 nitrogen and oxygen atoms in total. The van der Waals surface area contributed by atoms with Gasteiger partial charge in [0, 0.05) is 0 Å². The summed E-state index contributed by atoms with van der Waals surface area (Å²) in [6.45, 7) is 4.49. The van der Waals surface area contributed by atoms with E-state index in [4.69, 9.17) is 9.84 Å². The van der Waals surface area contributed by atoms with Gasteiger partial charge in [-0.25, -0.2) is 0 Å². The van der Waals surface area contributed by atoms with Crippen molar-refractivity contribution in [3.8, 4) is 0 Å². The molecule has 0 aromatic heterocycles. The van der Waals surface area contributed by atoms with Gasteiger partial charge in [-0.15, -0.1) is 0 Å². The van der Waals surface area contributed by atoms with Crippen LogP contribution >= 0.6 is 0 Å². The summed E-state index contributed by atoms with van der Waals surface area (Å²) in [5.74, 6) is 0. The predicted molar refractivity (Wildman–Crippen MR) is 62.7 cm³/mol. The van der Waals surface area contributed by atoms with Crippen molar-refractivity contribution in [3.63, 3.8) is 0 Å². The number of aliphatic hydroxyl groups is 1. The topological polar surface area (TPSA) is 29.5 Å². The molecule has 1 atom stereocenters. The van der Waals surface area contributed by atoms with E-state index in [1.807, 2.05) is 19.1 Å². The Hall–Kier alpha value is -1.12. The first-order chi connectivity index (χ1) is 7.22. The van der Waals surface area contributed by atoms with Gasteiger partial charge >= 0.3 is 0 Å². The van der Waals surface area contributed by atoms with Crippen molar-refractivity contribution in [2.75, 3.05) is 13.2 Å². The highest BCUT2D eigenvalue weighted by Gasteiger charge is 1.95. The van der Waals surface area contributed by atoms with Gasteiger partial charge in [0.15, 0.2) is 0 Å². The summed E-state index contributed by atoms with van der Waals surface area (Å²) in [4.78, 5) is 0. The lowest BCUT2D eigenvalue weighted by molar-refractivity contribution is 0.0645. The molecule has 0 saturated heterocycles. The number of hydrogen-bond acceptors (Lipinski definition) is 2. The molecule has 1 aromatic rings. The first-order valence-corrected chi connectivity index (χ1v) is 5.19. The molecule has 0 heterocycles. The van der Waals surface area contributed by atoms with Crippen molar-refractivity contribution in [2.24, 2.45) is 0 Å². The van der Waals surface area contributed by atoms with Crippen molar-refractivity contribution in [1.82, 2.24) is 0 Å². The van der Waals surface area contributed by atoms with Crippen LogP contribution in [0.25, 0.3) is 6.08 Å². The van der Waals surface area contributed by atoms with Gasteiger partial charge in [-0.1, -0.05) is 42.0 Å². The maximum atomic E-state index is 8.58. The first-order valence-electron chi connectivity index (χ1n) is 5.19. The standard InChI is InChI=1S/C13H18O2/c1-11-3-6-13(7-4-11)8-5-12(2)15-10-9-14/h3-8,12,14H,9-10H2,1-2H3/b8-5+. The van der Waals surface area contributed by atoms with E-state index in [-0.39, 0.29) is 12.7 Å². The van der Waals surface area contributed by atoms with Crippen LogP contribution in [0.5, 0.6) is 0 Å². The smallest absolute Gasteiger partial charge is 0.0732 e. The Labute approximate surface area is 91.2 Å². The molecule has 15 heavy (non-hydrogen) atoms. The van der Waals surface area contributed by atoms with Crippen LogP contribution in [0.4, 0.5) is 0 Å². The monoisotopic (exact) mass is 206 g/mol. The minimum Gasteiger partial charge on any atom is -0.394 e. The second-order valence-corrected chi connectivity index (χ2v) is 3.57. The van der Waals surface area contributed by atoms with Gasteiger partial charge in [-0.05, 0) is 19.4 Å². The SMILES string of the molecule is Cc1ccc(/C=C/C(C)OCCO)cc1. The molecule has 0 bridgehead atoms. The van der Waals surface area contributed by atoms with Crippen LogP contribution in [0, 0.1) is 6.92 Å². The number of hydrogen-bond donors (Lipinski definition) is 1. The molecule has 82 valence electrons. The zero-order chi connectivity index (χ0) is 11.1. The molecule has 0 aliphatic heterocycles. The summed E-state index contributed by atoms with van der Waals surface area (Å²) < 4.78 is 5.30. The number of benzene rings is 1. The van der Waals surface area contributed by atoms with E-state index in [9.17, 15) is 0 Å². The fraction of sp³-hybridized carbons (Fsp3) is 0.385. The second-order valence-electron chi connectivity index (χ2n) is 3.57. The van der Waals surface area contributed by atoms with Gasteiger partial charge < -0.3 is 9.84 Å². The molecule has 2 heteroatoms. The van der Waals surface area contributed by atoms with E-state index in [1.165, 1.54) is 11.1 Å². The summed E-state index contributed by atoms with van der Waals surface area (Å²) in [6, 6.07) is 8.31. The highest BCUT2D eigenvalue weighted by atomic mass is 16.5. The Morgan fingerprint density at radius 1 is 1.33 bits per heavy atom. The summed E-state index contributed by atoms with van der Waals surface area (Å²) in [5.41, 5.74) is 2.43. The van der Waals surface area contributed by atoms with Crippen LogP contribution in [-0.4, -0.2) is 24.4 Å². The Bertz CT molecular complexity index is 301. The normalized spacial score (nSPS) is 13.3. The maximum absolute atomic E-state index is 8.58. The Kier molecular flexibility index (Phi) is 5.08. The number of ether oxygens (including phenoxy) is 1. The van der Waals surface area contributed by atoms with E-state index in [0.717, 1.165) is 0 Å². The second kappa shape index (κ2) is 6.38. The first kappa shape index (κ1) is 12.0. The highest BCUT2D eigenvalue weighted by molar-refractivity contribution is 5.49. The lowest BCUT2D eigenvalue weighted by Gasteiger charge is -2.06. The molecular formula is C13H18O2. The zero-order valence-electron chi connectivity index (χ0n) is 9.31. The van der Waals surface area contributed by atoms with Gasteiger partial charge in [-0.3, -0.25) is 0 Å². The minimum absolute atomic E-state index is 0.0402. The molecular weight excluding hydrogens is 188 g/mol. The van der Waals surface area contributed by atoms with Gasteiger partial charge in [0.25, 0.3) is 0 Å². The molecule has 0 spiro atoms. The lowest BCUT2D eigenvalue weighted by atomic mass is 10.1. The zero-order valence-corrected chi connectivity index (χ0v) is 9.31. The largest absolute Gasteiger partial charge is 0.394 e. The molecule has 1 aromatic carbocycles. The molecule has 0 saturated carbocycles.